The molecule has 2 heterocycles. The predicted molar refractivity (Wildman–Crippen MR) is 88.1 cm³/mol. The van der Waals surface area contributed by atoms with Crippen molar-refractivity contribution in [2.45, 2.75) is 18.9 Å². The van der Waals surface area contributed by atoms with E-state index in [0.29, 0.717) is 0 Å². The summed E-state index contributed by atoms with van der Waals surface area (Å²) in [5.41, 5.74) is 8.94. The van der Waals surface area contributed by atoms with Crippen LogP contribution in [0.1, 0.15) is 28.5 Å². The van der Waals surface area contributed by atoms with Gasteiger partial charge in [-0.2, -0.15) is 0 Å². The summed E-state index contributed by atoms with van der Waals surface area (Å²) in [7, 11) is 0. The molecule has 1 aliphatic rings. The second kappa shape index (κ2) is 5.17. The highest BCUT2D eigenvalue weighted by atomic mass is 32.1. The van der Waals surface area contributed by atoms with E-state index in [0.717, 1.165) is 25.2 Å². The highest BCUT2D eigenvalue weighted by Gasteiger charge is 2.16. The van der Waals surface area contributed by atoms with Gasteiger partial charge in [0.15, 0.2) is 0 Å². The number of benzene rings is 2. The maximum absolute atomic E-state index is 6.48. The van der Waals surface area contributed by atoms with Crippen LogP contribution in [0.4, 0.5) is 0 Å². The Kier molecular flexibility index (Phi) is 3.17. The Morgan fingerprint density at radius 2 is 2.00 bits per heavy atom. The summed E-state index contributed by atoms with van der Waals surface area (Å²) in [4.78, 5) is 1.22. The number of ether oxygens (including phenoxy) is 1. The number of hydrogen-bond donors (Lipinski definition) is 1. The van der Waals surface area contributed by atoms with Gasteiger partial charge >= 0.3 is 0 Å². The molecule has 1 aliphatic heterocycles. The van der Waals surface area contributed by atoms with Gasteiger partial charge in [-0.15, -0.1) is 11.3 Å². The second-order valence-corrected chi connectivity index (χ2v) is 6.60. The molecule has 2 N–H and O–H groups in total. The summed E-state index contributed by atoms with van der Waals surface area (Å²) in [6.07, 6.45) is 2.18. The van der Waals surface area contributed by atoms with Gasteiger partial charge in [-0.1, -0.05) is 30.3 Å². The quantitative estimate of drug-likeness (QED) is 0.766. The van der Waals surface area contributed by atoms with E-state index in [1.165, 1.54) is 26.1 Å². The van der Waals surface area contributed by atoms with Crippen LogP contribution in [-0.2, 0) is 6.42 Å². The summed E-state index contributed by atoms with van der Waals surface area (Å²) in [6, 6.07) is 17.0. The number of rotatable bonds is 2. The zero-order valence-corrected chi connectivity index (χ0v) is 12.5. The Morgan fingerprint density at radius 3 is 2.90 bits per heavy atom. The topological polar surface area (TPSA) is 35.2 Å². The molecule has 1 atom stereocenters. The molecule has 0 bridgehead atoms. The standard InChI is InChI=1S/C18H17NOS/c19-18(17-11-13-4-1-2-6-16(13)21-17)14-7-8-15-12(10-14)5-3-9-20-15/h1-2,4,6-8,10-11,18H,3,5,9,19H2. The van der Waals surface area contributed by atoms with Gasteiger partial charge in [0.25, 0.3) is 0 Å². The Morgan fingerprint density at radius 1 is 1.10 bits per heavy atom. The lowest BCUT2D eigenvalue weighted by Crippen LogP contribution is -2.13. The highest BCUT2D eigenvalue weighted by molar-refractivity contribution is 7.19. The largest absolute Gasteiger partial charge is 0.493 e. The van der Waals surface area contributed by atoms with Crippen LogP contribution in [0.15, 0.2) is 48.5 Å². The molecule has 0 amide bonds. The molecule has 0 saturated heterocycles. The number of fused-ring (bicyclic) bond motifs is 2. The smallest absolute Gasteiger partial charge is 0.122 e. The van der Waals surface area contributed by atoms with Gasteiger partial charge in [-0.3, -0.25) is 0 Å². The third-order valence-electron chi connectivity index (χ3n) is 4.04. The first kappa shape index (κ1) is 12.9. The van der Waals surface area contributed by atoms with Crippen LogP contribution < -0.4 is 10.5 Å². The molecule has 2 aromatic carbocycles. The molecule has 4 rings (SSSR count). The molecule has 0 fully saturated rings. The third kappa shape index (κ3) is 2.33. The number of hydrogen-bond acceptors (Lipinski definition) is 3. The fraction of sp³-hybridized carbons (Fsp3) is 0.222. The van der Waals surface area contributed by atoms with Crippen LogP contribution in [0.25, 0.3) is 10.1 Å². The van der Waals surface area contributed by atoms with E-state index in [2.05, 4.69) is 48.5 Å². The van der Waals surface area contributed by atoms with Crippen molar-refractivity contribution in [3.63, 3.8) is 0 Å². The maximum Gasteiger partial charge on any atom is 0.122 e. The molecule has 0 aliphatic carbocycles. The Balaban J connectivity index is 1.71. The summed E-state index contributed by atoms with van der Waals surface area (Å²) in [5, 5.41) is 1.27. The van der Waals surface area contributed by atoms with Crippen molar-refractivity contribution >= 4 is 21.4 Å². The van der Waals surface area contributed by atoms with Crippen molar-refractivity contribution in [1.82, 2.24) is 0 Å². The Bertz CT molecular complexity index is 760. The van der Waals surface area contributed by atoms with Gasteiger partial charge in [0, 0.05) is 9.58 Å². The molecular formula is C18H17NOS. The van der Waals surface area contributed by atoms with Crippen LogP contribution in [0, 0.1) is 0 Å². The van der Waals surface area contributed by atoms with Crippen molar-refractivity contribution in [2.24, 2.45) is 5.73 Å². The average Bonchev–Trinajstić information content (AvgIpc) is 2.97. The second-order valence-electron chi connectivity index (χ2n) is 5.48. The number of thiophene rings is 1. The van der Waals surface area contributed by atoms with Crippen LogP contribution in [0.2, 0.25) is 0 Å². The van der Waals surface area contributed by atoms with Gasteiger partial charge in [-0.05, 0) is 47.6 Å². The molecule has 21 heavy (non-hydrogen) atoms. The lowest BCUT2D eigenvalue weighted by atomic mass is 9.99. The monoisotopic (exact) mass is 295 g/mol. The van der Waals surface area contributed by atoms with Crippen LogP contribution in [0.3, 0.4) is 0 Å². The first-order valence-corrected chi connectivity index (χ1v) is 8.12. The molecule has 1 aromatic heterocycles. The molecule has 106 valence electrons. The Hall–Kier alpha value is -1.84. The summed E-state index contributed by atoms with van der Waals surface area (Å²) in [5.74, 6) is 1.02. The van der Waals surface area contributed by atoms with Crippen LogP contribution in [0.5, 0.6) is 5.75 Å². The van der Waals surface area contributed by atoms with E-state index in [9.17, 15) is 0 Å². The normalized spacial score (nSPS) is 15.5. The molecule has 0 radical (unpaired) electrons. The van der Waals surface area contributed by atoms with Crippen molar-refractivity contribution in [2.75, 3.05) is 6.61 Å². The molecular weight excluding hydrogens is 278 g/mol. The van der Waals surface area contributed by atoms with Crippen molar-refractivity contribution < 1.29 is 4.74 Å². The zero-order valence-electron chi connectivity index (χ0n) is 11.7. The fourth-order valence-electron chi connectivity index (χ4n) is 2.89. The summed E-state index contributed by atoms with van der Waals surface area (Å²) >= 11 is 1.78. The number of aryl methyl sites for hydroxylation is 1. The third-order valence-corrected chi connectivity index (χ3v) is 5.24. The van der Waals surface area contributed by atoms with Gasteiger partial charge in [0.2, 0.25) is 0 Å². The van der Waals surface area contributed by atoms with Crippen molar-refractivity contribution in [1.29, 1.82) is 0 Å². The van der Waals surface area contributed by atoms with E-state index in [1.54, 1.807) is 11.3 Å². The van der Waals surface area contributed by atoms with Gasteiger partial charge < -0.3 is 10.5 Å². The van der Waals surface area contributed by atoms with E-state index in [-0.39, 0.29) is 6.04 Å². The van der Waals surface area contributed by atoms with Crippen molar-refractivity contribution in [3.05, 3.63) is 64.5 Å². The minimum Gasteiger partial charge on any atom is -0.493 e. The lowest BCUT2D eigenvalue weighted by Gasteiger charge is -2.19. The van der Waals surface area contributed by atoms with Crippen molar-refractivity contribution in [3.8, 4) is 5.75 Å². The Labute approximate surface area is 128 Å². The zero-order chi connectivity index (χ0) is 14.2. The van der Waals surface area contributed by atoms with Crippen LogP contribution >= 0.6 is 11.3 Å². The first-order chi connectivity index (χ1) is 10.3. The van der Waals surface area contributed by atoms with E-state index >= 15 is 0 Å². The predicted octanol–water partition coefficient (Wildman–Crippen LogP) is 4.27. The van der Waals surface area contributed by atoms with Gasteiger partial charge in [0.1, 0.15) is 5.75 Å². The first-order valence-electron chi connectivity index (χ1n) is 7.31. The van der Waals surface area contributed by atoms with E-state index in [1.807, 2.05) is 0 Å². The molecule has 2 nitrogen and oxygen atoms in total. The molecule has 3 heteroatoms. The molecule has 1 unspecified atom stereocenters. The molecule has 0 saturated carbocycles. The fourth-order valence-corrected chi connectivity index (χ4v) is 3.99. The van der Waals surface area contributed by atoms with Gasteiger partial charge in [0.05, 0.1) is 12.6 Å². The highest BCUT2D eigenvalue weighted by Crippen LogP contribution is 2.34. The van der Waals surface area contributed by atoms with E-state index < -0.39 is 0 Å². The lowest BCUT2D eigenvalue weighted by molar-refractivity contribution is 0.288. The van der Waals surface area contributed by atoms with Gasteiger partial charge in [-0.25, -0.2) is 0 Å². The summed E-state index contributed by atoms with van der Waals surface area (Å²) < 4.78 is 6.97. The van der Waals surface area contributed by atoms with Crippen LogP contribution in [-0.4, -0.2) is 6.61 Å². The minimum atomic E-state index is -0.0605. The van der Waals surface area contributed by atoms with E-state index in [4.69, 9.17) is 10.5 Å². The number of nitrogens with two attached hydrogens (primary N) is 1. The SMILES string of the molecule is NC(c1ccc2c(c1)CCCO2)c1cc2ccccc2s1. The molecule has 3 aromatic rings. The maximum atomic E-state index is 6.48. The summed E-state index contributed by atoms with van der Waals surface area (Å²) in [6.45, 7) is 0.828. The average molecular weight is 295 g/mol. The molecule has 0 spiro atoms. The minimum absolute atomic E-state index is 0.0605.